The molecule has 1 saturated heterocycles. The van der Waals surface area contributed by atoms with Gasteiger partial charge in [-0.3, -0.25) is 4.79 Å². The van der Waals surface area contributed by atoms with Gasteiger partial charge in [-0.25, -0.2) is 9.37 Å². The number of amides is 1. The van der Waals surface area contributed by atoms with E-state index in [4.69, 9.17) is 11.6 Å². The third-order valence-corrected chi connectivity index (χ3v) is 3.30. The fourth-order valence-electron chi connectivity index (χ4n) is 2.14. The summed E-state index contributed by atoms with van der Waals surface area (Å²) in [6.07, 6.45) is 2.32. The normalized spacial score (nSPS) is 24.1. The molecule has 1 aliphatic heterocycles. The van der Waals surface area contributed by atoms with Crippen molar-refractivity contribution < 1.29 is 14.3 Å². The predicted octanol–water partition coefficient (Wildman–Crippen LogP) is 1.86. The lowest BCUT2D eigenvalue weighted by molar-refractivity contribution is -0.0107. The van der Waals surface area contributed by atoms with E-state index in [1.807, 2.05) is 0 Å². The highest BCUT2D eigenvalue weighted by Crippen LogP contribution is 2.23. The number of hydrogen-bond acceptors (Lipinski definition) is 3. The smallest absolute Gasteiger partial charge is 0.257 e. The summed E-state index contributed by atoms with van der Waals surface area (Å²) >= 11 is 5.79. The zero-order chi connectivity index (χ0) is 13.3. The number of piperidine rings is 1. The number of nitrogens with zero attached hydrogens (tertiary/aromatic N) is 2. The highest BCUT2D eigenvalue weighted by atomic mass is 35.5. The van der Waals surface area contributed by atoms with Crippen molar-refractivity contribution in [2.75, 3.05) is 13.1 Å². The molecule has 2 rings (SSSR count). The molecule has 1 aliphatic rings. The highest BCUT2D eigenvalue weighted by molar-refractivity contribution is 6.32. The van der Waals surface area contributed by atoms with Crippen LogP contribution >= 0.6 is 11.6 Å². The number of aromatic nitrogens is 1. The maximum Gasteiger partial charge on any atom is 0.257 e. The van der Waals surface area contributed by atoms with Crippen LogP contribution in [0.5, 0.6) is 0 Å². The second-order valence-corrected chi connectivity index (χ2v) is 5.18. The number of halogens is 2. The summed E-state index contributed by atoms with van der Waals surface area (Å²) in [5.74, 6) is -1.00. The van der Waals surface area contributed by atoms with Crippen molar-refractivity contribution in [1.29, 1.82) is 0 Å². The van der Waals surface area contributed by atoms with Gasteiger partial charge in [-0.15, -0.1) is 0 Å². The molecule has 18 heavy (non-hydrogen) atoms. The van der Waals surface area contributed by atoms with Gasteiger partial charge >= 0.3 is 0 Å². The summed E-state index contributed by atoms with van der Waals surface area (Å²) in [4.78, 5) is 17.3. The summed E-state index contributed by atoms with van der Waals surface area (Å²) in [6, 6.07) is 1.07. The fraction of sp³-hybridized carbons (Fsp3) is 0.500. The van der Waals surface area contributed by atoms with Gasteiger partial charge in [0.15, 0.2) is 0 Å². The molecule has 0 saturated carbocycles. The SMILES string of the molecule is CC1(O)CCCN(C(=O)c2cc(F)cnc2Cl)C1. The van der Waals surface area contributed by atoms with E-state index < -0.39 is 17.3 Å². The van der Waals surface area contributed by atoms with E-state index >= 15 is 0 Å². The van der Waals surface area contributed by atoms with Gasteiger partial charge in [0.1, 0.15) is 11.0 Å². The van der Waals surface area contributed by atoms with Crippen molar-refractivity contribution >= 4 is 17.5 Å². The third kappa shape index (κ3) is 2.79. The average Bonchev–Trinajstić information content (AvgIpc) is 2.30. The van der Waals surface area contributed by atoms with Gasteiger partial charge in [0, 0.05) is 13.1 Å². The van der Waals surface area contributed by atoms with Gasteiger partial charge in [-0.2, -0.15) is 0 Å². The van der Waals surface area contributed by atoms with Crippen LogP contribution < -0.4 is 0 Å². The number of hydrogen-bond donors (Lipinski definition) is 1. The van der Waals surface area contributed by atoms with E-state index in [1.54, 1.807) is 6.92 Å². The van der Waals surface area contributed by atoms with Crippen LogP contribution in [0.25, 0.3) is 0 Å². The van der Waals surface area contributed by atoms with E-state index in [1.165, 1.54) is 4.90 Å². The number of rotatable bonds is 1. The summed E-state index contributed by atoms with van der Waals surface area (Å²) in [7, 11) is 0. The second-order valence-electron chi connectivity index (χ2n) is 4.82. The van der Waals surface area contributed by atoms with Crippen molar-refractivity contribution in [3.8, 4) is 0 Å². The van der Waals surface area contributed by atoms with Crippen LogP contribution in [0.4, 0.5) is 4.39 Å². The number of carbonyl (C=O) groups excluding carboxylic acids is 1. The van der Waals surface area contributed by atoms with Crippen LogP contribution in [0.1, 0.15) is 30.1 Å². The maximum atomic E-state index is 13.1. The molecule has 2 heterocycles. The molecule has 0 spiro atoms. The number of carbonyl (C=O) groups is 1. The number of likely N-dealkylation sites (tertiary alicyclic amines) is 1. The lowest BCUT2D eigenvalue weighted by atomic mass is 9.95. The molecule has 1 atom stereocenters. The first-order valence-corrected chi connectivity index (χ1v) is 6.09. The lowest BCUT2D eigenvalue weighted by Crippen LogP contribution is -2.48. The standard InChI is InChI=1S/C12H14ClFN2O2/c1-12(18)3-2-4-16(7-12)11(17)9-5-8(14)6-15-10(9)13/h5-6,18H,2-4,7H2,1H3. The van der Waals surface area contributed by atoms with E-state index in [-0.39, 0.29) is 17.3 Å². The van der Waals surface area contributed by atoms with Crippen LogP contribution in [0.2, 0.25) is 5.15 Å². The summed E-state index contributed by atoms with van der Waals surface area (Å²) in [5, 5.41) is 9.93. The topological polar surface area (TPSA) is 53.4 Å². The van der Waals surface area contributed by atoms with Gasteiger partial charge in [-0.05, 0) is 25.8 Å². The van der Waals surface area contributed by atoms with E-state index in [0.29, 0.717) is 19.4 Å². The Kier molecular flexibility index (Phi) is 3.54. The molecule has 1 aromatic heterocycles. The predicted molar refractivity (Wildman–Crippen MR) is 65.0 cm³/mol. The van der Waals surface area contributed by atoms with Gasteiger partial charge in [0.25, 0.3) is 5.91 Å². The molecule has 0 bridgehead atoms. The lowest BCUT2D eigenvalue weighted by Gasteiger charge is -2.36. The van der Waals surface area contributed by atoms with Gasteiger partial charge in [-0.1, -0.05) is 11.6 Å². The van der Waals surface area contributed by atoms with Gasteiger partial charge < -0.3 is 10.0 Å². The molecular formula is C12H14ClFN2O2. The van der Waals surface area contributed by atoms with Gasteiger partial charge in [0.2, 0.25) is 0 Å². The molecule has 0 aromatic carbocycles. The molecular weight excluding hydrogens is 259 g/mol. The zero-order valence-electron chi connectivity index (χ0n) is 9.99. The quantitative estimate of drug-likeness (QED) is 0.794. The van der Waals surface area contributed by atoms with Crippen LogP contribution in [0, 0.1) is 5.82 Å². The van der Waals surface area contributed by atoms with Crippen molar-refractivity contribution in [2.45, 2.75) is 25.4 Å². The third-order valence-electron chi connectivity index (χ3n) is 3.00. The summed E-state index contributed by atoms with van der Waals surface area (Å²) in [6.45, 7) is 2.43. The van der Waals surface area contributed by atoms with Crippen LogP contribution in [-0.2, 0) is 0 Å². The fourth-order valence-corrected chi connectivity index (χ4v) is 2.32. The van der Waals surface area contributed by atoms with Gasteiger partial charge in [0.05, 0.1) is 17.4 Å². The summed E-state index contributed by atoms with van der Waals surface area (Å²) < 4.78 is 13.1. The van der Waals surface area contributed by atoms with Crippen molar-refractivity contribution in [3.05, 3.63) is 28.8 Å². The van der Waals surface area contributed by atoms with Crippen molar-refractivity contribution in [1.82, 2.24) is 9.88 Å². The van der Waals surface area contributed by atoms with E-state index in [9.17, 15) is 14.3 Å². The van der Waals surface area contributed by atoms with E-state index in [0.717, 1.165) is 12.3 Å². The Bertz CT molecular complexity index is 479. The minimum atomic E-state index is -0.902. The van der Waals surface area contributed by atoms with Crippen molar-refractivity contribution in [3.63, 3.8) is 0 Å². The first-order chi connectivity index (χ1) is 8.39. The molecule has 0 radical (unpaired) electrons. The number of β-amino-alcohol motifs (C(OH)–C–C–N with tert-alkyl or cyclic N) is 1. The average molecular weight is 273 g/mol. The van der Waals surface area contributed by atoms with Crippen LogP contribution in [0.3, 0.4) is 0 Å². The molecule has 4 nitrogen and oxygen atoms in total. The minimum absolute atomic E-state index is 0.0217. The largest absolute Gasteiger partial charge is 0.388 e. The first-order valence-electron chi connectivity index (χ1n) is 5.72. The Morgan fingerprint density at radius 3 is 3.06 bits per heavy atom. The summed E-state index contributed by atoms with van der Waals surface area (Å²) in [5.41, 5.74) is -0.865. The van der Waals surface area contributed by atoms with E-state index in [2.05, 4.69) is 4.98 Å². The Labute approximate surface area is 109 Å². The highest BCUT2D eigenvalue weighted by Gasteiger charge is 2.32. The van der Waals surface area contributed by atoms with Crippen molar-refractivity contribution in [2.24, 2.45) is 0 Å². The molecule has 1 N–H and O–H groups in total. The number of aliphatic hydroxyl groups is 1. The first kappa shape index (κ1) is 13.2. The molecule has 1 amide bonds. The molecule has 6 heteroatoms. The second kappa shape index (κ2) is 4.82. The Balaban J connectivity index is 2.23. The molecule has 1 fully saturated rings. The number of pyridine rings is 1. The Morgan fingerprint density at radius 2 is 2.39 bits per heavy atom. The van der Waals surface area contributed by atoms with Crippen LogP contribution in [-0.4, -0.2) is 39.6 Å². The zero-order valence-corrected chi connectivity index (χ0v) is 10.7. The monoisotopic (exact) mass is 272 g/mol. The van der Waals surface area contributed by atoms with Crippen LogP contribution in [0.15, 0.2) is 12.3 Å². The minimum Gasteiger partial charge on any atom is -0.388 e. The molecule has 0 aliphatic carbocycles. The Hall–Kier alpha value is -1.20. The Morgan fingerprint density at radius 1 is 1.67 bits per heavy atom. The molecule has 98 valence electrons. The maximum absolute atomic E-state index is 13.1. The molecule has 1 unspecified atom stereocenters. The molecule has 1 aromatic rings.